The van der Waals surface area contributed by atoms with E-state index >= 15 is 0 Å². The van der Waals surface area contributed by atoms with Crippen molar-refractivity contribution in [2.24, 2.45) is 5.92 Å². The van der Waals surface area contributed by atoms with E-state index in [-0.39, 0.29) is 30.6 Å². The molecule has 0 bridgehead atoms. The second-order valence-corrected chi connectivity index (χ2v) is 8.25. The molecule has 7 heteroatoms. The Balaban J connectivity index is 1.73. The number of carbonyl (C=O) groups is 3. The Bertz CT molecular complexity index is 630. The molecule has 0 aromatic carbocycles. The Labute approximate surface area is 157 Å². The van der Waals surface area contributed by atoms with Crippen molar-refractivity contribution < 1.29 is 19.1 Å². The molecule has 1 aromatic rings. The molecule has 1 N–H and O–H groups in total. The average Bonchev–Trinajstić information content (AvgIpc) is 3.01. The van der Waals surface area contributed by atoms with E-state index in [1.54, 1.807) is 19.1 Å². The van der Waals surface area contributed by atoms with Gasteiger partial charge in [0.1, 0.15) is 0 Å². The summed E-state index contributed by atoms with van der Waals surface area (Å²) >= 11 is 6.98. The Morgan fingerprint density at radius 2 is 2.00 bits per heavy atom. The number of rotatable bonds is 7. The third kappa shape index (κ3) is 6.12. The van der Waals surface area contributed by atoms with Gasteiger partial charge in [-0.1, -0.05) is 31.4 Å². The summed E-state index contributed by atoms with van der Waals surface area (Å²) in [5.41, 5.74) is 0. The molecule has 3 atom stereocenters. The van der Waals surface area contributed by atoms with Crippen LogP contribution in [-0.4, -0.2) is 29.8 Å². The average molecular weight is 386 g/mol. The second kappa shape index (κ2) is 9.34. The molecule has 138 valence electrons. The molecule has 2 rings (SSSR count). The van der Waals surface area contributed by atoms with E-state index in [4.69, 9.17) is 16.3 Å². The fourth-order valence-corrected chi connectivity index (χ4v) is 3.95. The van der Waals surface area contributed by atoms with Crippen LogP contribution >= 0.6 is 22.9 Å². The smallest absolute Gasteiger partial charge is 0.307 e. The van der Waals surface area contributed by atoms with Crippen molar-refractivity contribution >= 4 is 40.6 Å². The van der Waals surface area contributed by atoms with Crippen LogP contribution in [0.25, 0.3) is 0 Å². The van der Waals surface area contributed by atoms with Gasteiger partial charge >= 0.3 is 5.97 Å². The minimum Gasteiger partial charge on any atom is -0.453 e. The molecule has 1 amide bonds. The summed E-state index contributed by atoms with van der Waals surface area (Å²) < 4.78 is 5.69. The van der Waals surface area contributed by atoms with Gasteiger partial charge in [0.2, 0.25) is 0 Å². The zero-order valence-electron chi connectivity index (χ0n) is 14.5. The predicted molar refractivity (Wildman–Crippen MR) is 98.0 cm³/mol. The molecule has 0 aliphatic heterocycles. The van der Waals surface area contributed by atoms with Gasteiger partial charge in [-0.05, 0) is 37.8 Å². The predicted octanol–water partition coefficient (Wildman–Crippen LogP) is 3.99. The van der Waals surface area contributed by atoms with Crippen LogP contribution in [0.2, 0.25) is 4.34 Å². The van der Waals surface area contributed by atoms with Crippen molar-refractivity contribution in [2.75, 3.05) is 0 Å². The van der Waals surface area contributed by atoms with Gasteiger partial charge in [0.25, 0.3) is 5.91 Å². The van der Waals surface area contributed by atoms with Crippen molar-refractivity contribution in [1.82, 2.24) is 5.32 Å². The van der Waals surface area contributed by atoms with Crippen LogP contribution in [0.3, 0.4) is 0 Å². The summed E-state index contributed by atoms with van der Waals surface area (Å²) in [5.74, 6) is -0.531. The third-order valence-corrected chi connectivity index (χ3v) is 5.79. The maximum Gasteiger partial charge on any atom is 0.307 e. The summed E-state index contributed by atoms with van der Waals surface area (Å²) in [7, 11) is 0. The lowest BCUT2D eigenvalue weighted by Gasteiger charge is -2.30. The number of amides is 1. The molecule has 25 heavy (non-hydrogen) atoms. The Hall–Kier alpha value is -1.40. The lowest BCUT2D eigenvalue weighted by molar-refractivity contribution is -0.155. The van der Waals surface area contributed by atoms with Crippen LogP contribution in [0.5, 0.6) is 0 Å². The van der Waals surface area contributed by atoms with E-state index in [0.717, 1.165) is 19.3 Å². The molecule has 1 aliphatic carbocycles. The Morgan fingerprint density at radius 1 is 1.28 bits per heavy atom. The summed E-state index contributed by atoms with van der Waals surface area (Å²) in [6, 6.07) is 3.44. The highest BCUT2D eigenvalue weighted by Crippen LogP contribution is 2.24. The van der Waals surface area contributed by atoms with Crippen molar-refractivity contribution in [1.29, 1.82) is 0 Å². The van der Waals surface area contributed by atoms with Gasteiger partial charge in [0.15, 0.2) is 11.9 Å². The van der Waals surface area contributed by atoms with E-state index in [1.807, 2.05) is 0 Å². The first-order valence-corrected chi connectivity index (χ1v) is 9.84. The van der Waals surface area contributed by atoms with E-state index in [0.29, 0.717) is 15.1 Å². The number of thiophene rings is 1. The molecular weight excluding hydrogens is 362 g/mol. The van der Waals surface area contributed by atoms with E-state index in [9.17, 15) is 14.4 Å². The number of carbonyl (C=O) groups excluding carboxylic acids is 3. The Kier molecular flexibility index (Phi) is 7.44. The number of hydrogen-bond donors (Lipinski definition) is 1. The molecule has 0 saturated heterocycles. The normalized spacial score (nSPS) is 21.4. The number of Topliss-reactive ketones (excluding diaryl/α,β-unsaturated/α-hetero) is 1. The summed E-state index contributed by atoms with van der Waals surface area (Å²) in [6.07, 6.45) is 3.52. The number of esters is 1. The first kappa shape index (κ1) is 19.9. The number of nitrogens with one attached hydrogen (secondary N) is 1. The molecule has 0 spiro atoms. The molecule has 1 aliphatic rings. The standard InChI is InChI=1S/C18H24ClNO4S/c1-11-5-3-4-6-13(11)20-18(23)12(2)24-17(22)10-7-14(21)15-8-9-16(19)25-15/h8-9,11-13H,3-7,10H2,1-2H3,(H,20,23)/t11-,12+,13-/m0/s1. The molecule has 0 radical (unpaired) electrons. The van der Waals surface area contributed by atoms with Crippen LogP contribution in [0, 0.1) is 5.92 Å². The number of ketones is 1. The maximum absolute atomic E-state index is 12.2. The highest BCUT2D eigenvalue weighted by atomic mass is 35.5. The van der Waals surface area contributed by atoms with Gasteiger partial charge in [0.05, 0.1) is 15.6 Å². The van der Waals surface area contributed by atoms with Gasteiger partial charge in [-0.3, -0.25) is 14.4 Å². The van der Waals surface area contributed by atoms with Crippen molar-refractivity contribution in [2.45, 2.75) is 64.5 Å². The quantitative estimate of drug-likeness (QED) is 0.569. The first-order valence-electron chi connectivity index (χ1n) is 8.65. The number of halogens is 1. The lowest BCUT2D eigenvalue weighted by atomic mass is 9.86. The molecule has 0 unspecified atom stereocenters. The van der Waals surface area contributed by atoms with Gasteiger partial charge in [-0.2, -0.15) is 0 Å². The monoisotopic (exact) mass is 385 g/mol. The minimum absolute atomic E-state index is 0.0453. The maximum atomic E-state index is 12.2. The lowest BCUT2D eigenvalue weighted by Crippen LogP contribution is -2.46. The largest absolute Gasteiger partial charge is 0.453 e. The Morgan fingerprint density at radius 3 is 2.64 bits per heavy atom. The summed E-state index contributed by atoms with van der Waals surface area (Å²) in [4.78, 5) is 36.5. The summed E-state index contributed by atoms with van der Waals surface area (Å²) in [6.45, 7) is 3.69. The van der Waals surface area contributed by atoms with Crippen LogP contribution in [0.4, 0.5) is 0 Å². The third-order valence-electron chi connectivity index (χ3n) is 4.52. The molecular formula is C18H24ClNO4S. The molecule has 1 fully saturated rings. The van der Waals surface area contributed by atoms with Crippen LogP contribution in [0.15, 0.2) is 12.1 Å². The summed E-state index contributed by atoms with van der Waals surface area (Å²) in [5, 5.41) is 2.97. The highest BCUT2D eigenvalue weighted by molar-refractivity contribution is 7.18. The minimum atomic E-state index is -0.854. The van der Waals surface area contributed by atoms with Gasteiger partial charge in [-0.15, -0.1) is 11.3 Å². The zero-order chi connectivity index (χ0) is 18.4. The number of ether oxygens (including phenoxy) is 1. The molecule has 1 aromatic heterocycles. The zero-order valence-corrected chi connectivity index (χ0v) is 16.1. The fraction of sp³-hybridized carbons (Fsp3) is 0.611. The SMILES string of the molecule is C[C@@H](OC(=O)CCC(=O)c1ccc(Cl)s1)C(=O)N[C@H]1CCCC[C@@H]1C. The van der Waals surface area contributed by atoms with Crippen molar-refractivity contribution in [3.05, 3.63) is 21.3 Å². The first-order chi connectivity index (χ1) is 11.9. The van der Waals surface area contributed by atoms with Gasteiger partial charge in [0, 0.05) is 12.5 Å². The van der Waals surface area contributed by atoms with E-state index in [1.165, 1.54) is 17.8 Å². The fourth-order valence-electron chi connectivity index (χ4n) is 2.94. The molecule has 1 heterocycles. The van der Waals surface area contributed by atoms with E-state index < -0.39 is 12.1 Å². The van der Waals surface area contributed by atoms with E-state index in [2.05, 4.69) is 12.2 Å². The van der Waals surface area contributed by atoms with Crippen LogP contribution < -0.4 is 5.32 Å². The molecule has 5 nitrogen and oxygen atoms in total. The molecule has 1 saturated carbocycles. The van der Waals surface area contributed by atoms with Crippen LogP contribution in [-0.2, 0) is 14.3 Å². The highest BCUT2D eigenvalue weighted by Gasteiger charge is 2.26. The van der Waals surface area contributed by atoms with Crippen molar-refractivity contribution in [3.63, 3.8) is 0 Å². The van der Waals surface area contributed by atoms with Gasteiger partial charge in [-0.25, -0.2) is 0 Å². The topological polar surface area (TPSA) is 72.5 Å². The number of hydrogen-bond acceptors (Lipinski definition) is 5. The van der Waals surface area contributed by atoms with Crippen molar-refractivity contribution in [3.8, 4) is 0 Å². The van der Waals surface area contributed by atoms with Gasteiger partial charge < -0.3 is 10.1 Å². The second-order valence-electron chi connectivity index (χ2n) is 6.54. The van der Waals surface area contributed by atoms with Crippen LogP contribution in [0.1, 0.15) is 62.0 Å².